The molecule has 2 aliphatic carbocycles. The van der Waals surface area contributed by atoms with E-state index in [0.717, 1.165) is 65.9 Å². The second-order valence-electron chi connectivity index (χ2n) is 10.8. The van der Waals surface area contributed by atoms with Gasteiger partial charge in [-0.1, -0.05) is 0 Å². The van der Waals surface area contributed by atoms with Crippen molar-refractivity contribution >= 4 is 24.2 Å². The SMILES string of the molecule is Cc1cc(NC2=NC=NC34CC3C=C(OCCC3CCN(C)CC3)C=C24)ccc1Oc1cc[nH]/c(=N\C=N)c1. The highest BCUT2D eigenvalue weighted by Gasteiger charge is 2.59. The Morgan fingerprint density at radius 3 is 2.95 bits per heavy atom. The van der Waals surface area contributed by atoms with Gasteiger partial charge in [0.25, 0.3) is 0 Å². The molecular formula is C30H35N7O2. The van der Waals surface area contributed by atoms with Crippen LogP contribution in [0.5, 0.6) is 11.5 Å². The first-order valence-electron chi connectivity index (χ1n) is 13.7. The predicted octanol–water partition coefficient (Wildman–Crippen LogP) is 4.81. The standard InChI is InChI=1S/C30H35N7O2/c1-20-13-23(3-4-27(20)39-24-5-9-32-28(16-24)33-18-31)36-29-26-15-25(14-22-17-30(22,26)35-19-34-29)38-12-8-21-6-10-37(2)11-7-21/h3-5,9,13-16,18-19,21-22H,6-8,10-12,17H2,1-2H3,(H2,31,32,33)(H,34,35,36). The number of piperidine rings is 1. The largest absolute Gasteiger partial charge is 0.494 e. The van der Waals surface area contributed by atoms with Crippen molar-refractivity contribution in [1.29, 1.82) is 5.41 Å². The molecule has 2 aromatic rings. The smallest absolute Gasteiger partial charge is 0.138 e. The number of H-pyrrole nitrogens is 1. The number of nitrogens with one attached hydrogen (secondary N) is 3. The molecule has 0 radical (unpaired) electrons. The minimum Gasteiger partial charge on any atom is -0.494 e. The summed E-state index contributed by atoms with van der Waals surface area (Å²) in [5.41, 5.74) is 3.38. The third-order valence-electron chi connectivity index (χ3n) is 8.09. The monoisotopic (exact) mass is 525 g/mol. The first-order valence-corrected chi connectivity index (χ1v) is 13.7. The van der Waals surface area contributed by atoms with Crippen molar-refractivity contribution < 1.29 is 9.47 Å². The zero-order valence-corrected chi connectivity index (χ0v) is 22.5. The van der Waals surface area contributed by atoms with Gasteiger partial charge in [0, 0.05) is 29.4 Å². The van der Waals surface area contributed by atoms with Crippen molar-refractivity contribution in [3.63, 3.8) is 0 Å². The molecule has 6 rings (SSSR count). The van der Waals surface area contributed by atoms with Crippen molar-refractivity contribution in [2.45, 2.75) is 38.1 Å². The minimum atomic E-state index is -0.202. The third kappa shape index (κ3) is 5.45. The number of amidine groups is 1. The van der Waals surface area contributed by atoms with E-state index in [0.29, 0.717) is 17.2 Å². The van der Waals surface area contributed by atoms with Crippen LogP contribution in [-0.2, 0) is 4.74 Å². The number of likely N-dealkylation sites (tertiary alicyclic amines) is 1. The maximum atomic E-state index is 7.16. The van der Waals surface area contributed by atoms with Crippen LogP contribution in [-0.4, -0.2) is 60.7 Å². The minimum absolute atomic E-state index is 0.202. The Morgan fingerprint density at radius 1 is 1.26 bits per heavy atom. The number of aliphatic imine (C=N–C) groups is 2. The van der Waals surface area contributed by atoms with Crippen LogP contribution in [0.2, 0.25) is 0 Å². The van der Waals surface area contributed by atoms with Gasteiger partial charge in [0.15, 0.2) is 0 Å². The quantitative estimate of drug-likeness (QED) is 0.339. The lowest BCUT2D eigenvalue weighted by Crippen LogP contribution is -2.31. The van der Waals surface area contributed by atoms with Crippen LogP contribution in [0.4, 0.5) is 5.69 Å². The number of benzene rings is 1. The van der Waals surface area contributed by atoms with Crippen molar-refractivity contribution in [1.82, 2.24) is 9.88 Å². The molecule has 1 saturated carbocycles. The van der Waals surface area contributed by atoms with Crippen LogP contribution >= 0.6 is 0 Å². The molecule has 9 nitrogen and oxygen atoms in total. The Bertz CT molecular complexity index is 1450. The maximum absolute atomic E-state index is 7.16. The van der Waals surface area contributed by atoms with E-state index in [4.69, 9.17) is 19.9 Å². The van der Waals surface area contributed by atoms with Crippen LogP contribution in [0.15, 0.2) is 75.0 Å². The van der Waals surface area contributed by atoms with Gasteiger partial charge in [-0.25, -0.2) is 9.98 Å². The molecule has 0 bridgehead atoms. The van der Waals surface area contributed by atoms with Gasteiger partial charge in [0.05, 0.1) is 12.1 Å². The average molecular weight is 526 g/mol. The molecule has 1 saturated heterocycles. The van der Waals surface area contributed by atoms with E-state index in [-0.39, 0.29) is 5.54 Å². The van der Waals surface area contributed by atoms with Crippen molar-refractivity contribution in [2.24, 2.45) is 26.8 Å². The van der Waals surface area contributed by atoms with E-state index >= 15 is 0 Å². The molecule has 202 valence electrons. The summed E-state index contributed by atoms with van der Waals surface area (Å²) in [6, 6.07) is 9.57. The van der Waals surface area contributed by atoms with Gasteiger partial charge in [-0.05, 0) is 101 Å². The van der Waals surface area contributed by atoms with E-state index in [9.17, 15) is 0 Å². The number of hydrogen-bond acceptors (Lipinski definition) is 7. The van der Waals surface area contributed by atoms with E-state index in [1.165, 1.54) is 25.9 Å². The van der Waals surface area contributed by atoms with Crippen LogP contribution in [0.1, 0.15) is 31.2 Å². The molecule has 39 heavy (non-hydrogen) atoms. The molecule has 4 aliphatic rings. The van der Waals surface area contributed by atoms with Crippen LogP contribution < -0.4 is 15.5 Å². The third-order valence-corrected chi connectivity index (χ3v) is 8.09. The van der Waals surface area contributed by atoms with E-state index in [2.05, 4.69) is 50.5 Å². The van der Waals surface area contributed by atoms with Gasteiger partial charge in [-0.15, -0.1) is 0 Å². The highest BCUT2D eigenvalue weighted by molar-refractivity contribution is 6.14. The first kappa shape index (κ1) is 25.3. The summed E-state index contributed by atoms with van der Waals surface area (Å²) in [6.07, 6.45) is 13.4. The molecule has 1 aromatic carbocycles. The molecule has 1 aromatic heterocycles. The van der Waals surface area contributed by atoms with Crippen LogP contribution in [0.25, 0.3) is 0 Å². The number of ether oxygens (including phenoxy) is 2. The molecule has 1 spiro atoms. The Kier molecular flexibility index (Phi) is 6.91. The molecule has 2 atom stereocenters. The Labute approximate surface area is 228 Å². The van der Waals surface area contributed by atoms with Gasteiger partial charge >= 0.3 is 0 Å². The van der Waals surface area contributed by atoms with Gasteiger partial charge in [-0.2, -0.15) is 0 Å². The zero-order chi connectivity index (χ0) is 26.8. The average Bonchev–Trinajstić information content (AvgIpc) is 3.64. The second-order valence-corrected chi connectivity index (χ2v) is 10.8. The van der Waals surface area contributed by atoms with Gasteiger partial charge in [-0.3, -0.25) is 10.4 Å². The predicted molar refractivity (Wildman–Crippen MR) is 154 cm³/mol. The number of hydrogen-bond donors (Lipinski definition) is 3. The normalized spacial score (nSPS) is 24.6. The number of anilines is 1. The van der Waals surface area contributed by atoms with E-state index in [1.807, 2.05) is 25.1 Å². The van der Waals surface area contributed by atoms with Gasteiger partial charge in [0.2, 0.25) is 0 Å². The Morgan fingerprint density at radius 2 is 2.13 bits per heavy atom. The maximum Gasteiger partial charge on any atom is 0.138 e. The van der Waals surface area contributed by atoms with Crippen LogP contribution in [0.3, 0.4) is 0 Å². The second kappa shape index (κ2) is 10.6. The first-order chi connectivity index (χ1) is 19.0. The lowest BCUT2D eigenvalue weighted by atomic mass is 9.94. The highest BCUT2D eigenvalue weighted by atomic mass is 16.5. The summed E-state index contributed by atoms with van der Waals surface area (Å²) < 4.78 is 12.3. The number of pyridine rings is 1. The lowest BCUT2D eigenvalue weighted by molar-refractivity contribution is 0.158. The topological polar surface area (TPSA) is 110 Å². The number of nitrogens with zero attached hydrogens (tertiary/aromatic N) is 4. The summed E-state index contributed by atoms with van der Waals surface area (Å²) in [4.78, 5) is 18.7. The number of rotatable bonds is 8. The number of aromatic amines is 1. The summed E-state index contributed by atoms with van der Waals surface area (Å²) in [5.74, 6) is 4.28. The Balaban J connectivity index is 1.12. The van der Waals surface area contributed by atoms with E-state index in [1.54, 1.807) is 18.6 Å². The molecule has 3 heterocycles. The number of aryl methyl sites for hydroxylation is 1. The zero-order valence-electron chi connectivity index (χ0n) is 22.5. The fourth-order valence-corrected chi connectivity index (χ4v) is 5.68. The summed E-state index contributed by atoms with van der Waals surface area (Å²) in [7, 11) is 2.20. The molecule has 3 N–H and O–H groups in total. The Hall–Kier alpha value is -3.98. The van der Waals surface area contributed by atoms with Gasteiger partial charge in [0.1, 0.15) is 41.3 Å². The summed E-state index contributed by atoms with van der Waals surface area (Å²) in [5, 5.41) is 10.7. The van der Waals surface area contributed by atoms with E-state index < -0.39 is 0 Å². The molecule has 2 unspecified atom stereocenters. The summed E-state index contributed by atoms with van der Waals surface area (Å²) >= 11 is 0. The fourth-order valence-electron chi connectivity index (χ4n) is 5.68. The number of aromatic nitrogens is 1. The fraction of sp³-hybridized carbons (Fsp3) is 0.400. The molecule has 2 aliphatic heterocycles. The highest BCUT2D eigenvalue weighted by Crippen LogP contribution is 2.57. The molecule has 0 amide bonds. The summed E-state index contributed by atoms with van der Waals surface area (Å²) in [6.45, 7) is 5.14. The van der Waals surface area contributed by atoms with Crippen molar-refractivity contribution in [3.8, 4) is 11.5 Å². The lowest BCUT2D eigenvalue weighted by Gasteiger charge is -2.29. The van der Waals surface area contributed by atoms with Crippen molar-refractivity contribution in [2.75, 3.05) is 32.1 Å². The molecular weight excluding hydrogens is 490 g/mol. The van der Waals surface area contributed by atoms with Crippen molar-refractivity contribution in [3.05, 3.63) is 71.1 Å². The number of allylic oxidation sites excluding steroid dienone is 1. The molecule has 9 heteroatoms. The molecule has 2 fully saturated rings. The van der Waals surface area contributed by atoms with Gasteiger partial charge < -0.3 is 24.7 Å². The van der Waals surface area contributed by atoms with Crippen LogP contribution in [0, 0.1) is 24.2 Å².